The van der Waals surface area contributed by atoms with Crippen molar-refractivity contribution in [3.63, 3.8) is 0 Å². The fraction of sp³-hybridized carbons (Fsp3) is 0.818. The Morgan fingerprint density at radius 2 is 1.67 bits per heavy atom. The number of rotatable bonds is 13. The van der Waals surface area contributed by atoms with Crippen molar-refractivity contribution in [3.8, 4) is 0 Å². The molecule has 0 aliphatic heterocycles. The topological polar surface area (TPSA) is 66.8 Å². The molecular formula is C22H41NO4. The summed E-state index contributed by atoms with van der Waals surface area (Å²) in [6, 6.07) is 0. The van der Waals surface area contributed by atoms with Gasteiger partial charge in [-0.15, -0.1) is 6.58 Å². The maximum Gasteiger partial charge on any atom is 0.303 e. The van der Waals surface area contributed by atoms with Gasteiger partial charge in [-0.05, 0) is 43.9 Å². The van der Waals surface area contributed by atoms with Crippen molar-refractivity contribution in [2.24, 2.45) is 16.7 Å². The van der Waals surface area contributed by atoms with Gasteiger partial charge >= 0.3 is 5.97 Å². The van der Waals surface area contributed by atoms with Gasteiger partial charge in [0.2, 0.25) is 5.91 Å². The van der Waals surface area contributed by atoms with E-state index in [0.29, 0.717) is 25.6 Å². The number of carboxylic acids is 1. The maximum absolute atomic E-state index is 12.3. The Bertz CT molecular complexity index is 508. The van der Waals surface area contributed by atoms with E-state index in [-0.39, 0.29) is 35.2 Å². The van der Waals surface area contributed by atoms with Crippen LogP contribution >= 0.6 is 0 Å². The van der Waals surface area contributed by atoms with Gasteiger partial charge in [0.05, 0.1) is 18.6 Å². The highest BCUT2D eigenvalue weighted by molar-refractivity contribution is 5.80. The van der Waals surface area contributed by atoms with Crippen molar-refractivity contribution < 1.29 is 19.4 Å². The number of ether oxygens (including phenoxy) is 1. The summed E-state index contributed by atoms with van der Waals surface area (Å²) < 4.78 is 6.07. The molecule has 0 aromatic rings. The maximum atomic E-state index is 12.3. The Morgan fingerprint density at radius 3 is 2.11 bits per heavy atom. The van der Waals surface area contributed by atoms with Crippen LogP contribution in [0.25, 0.3) is 0 Å². The molecule has 0 aromatic carbocycles. The molecule has 1 unspecified atom stereocenters. The average Bonchev–Trinajstić information content (AvgIpc) is 2.55. The molecule has 5 nitrogen and oxygen atoms in total. The number of amides is 1. The molecule has 1 atom stereocenters. The largest absolute Gasteiger partial charge is 0.481 e. The summed E-state index contributed by atoms with van der Waals surface area (Å²) in [4.78, 5) is 24.7. The van der Waals surface area contributed by atoms with Gasteiger partial charge < -0.3 is 14.7 Å². The number of carbonyl (C=O) groups is 2. The first-order valence-corrected chi connectivity index (χ1v) is 9.94. The Labute approximate surface area is 166 Å². The molecule has 158 valence electrons. The van der Waals surface area contributed by atoms with Crippen molar-refractivity contribution in [3.05, 3.63) is 12.7 Å². The molecule has 0 saturated carbocycles. The molecule has 0 fully saturated rings. The normalized spacial score (nSPS) is 13.9. The van der Waals surface area contributed by atoms with E-state index in [0.717, 1.165) is 6.42 Å². The van der Waals surface area contributed by atoms with Gasteiger partial charge in [-0.3, -0.25) is 9.59 Å². The Hall–Kier alpha value is -1.36. The van der Waals surface area contributed by atoms with E-state index in [1.54, 1.807) is 4.90 Å². The van der Waals surface area contributed by atoms with Crippen molar-refractivity contribution in [1.29, 1.82) is 0 Å². The van der Waals surface area contributed by atoms with Crippen LogP contribution in [0.4, 0.5) is 0 Å². The molecule has 0 radical (unpaired) electrons. The Balaban J connectivity index is 4.86. The van der Waals surface area contributed by atoms with Crippen LogP contribution in [0.2, 0.25) is 0 Å². The predicted octanol–water partition coefficient (Wildman–Crippen LogP) is 4.76. The zero-order valence-corrected chi connectivity index (χ0v) is 18.7. The van der Waals surface area contributed by atoms with Crippen LogP contribution < -0.4 is 0 Å². The van der Waals surface area contributed by atoms with Crippen LogP contribution in [-0.4, -0.2) is 47.2 Å². The van der Waals surface area contributed by atoms with Crippen molar-refractivity contribution in [2.45, 2.75) is 80.3 Å². The Kier molecular flexibility index (Phi) is 9.74. The molecule has 0 aromatic heterocycles. The molecular weight excluding hydrogens is 342 g/mol. The summed E-state index contributed by atoms with van der Waals surface area (Å²) in [6.07, 6.45) is 2.72. The number of carbonyl (C=O) groups excluding carboxylic acids is 1. The molecule has 0 spiro atoms. The molecule has 27 heavy (non-hydrogen) atoms. The molecule has 1 N–H and O–H groups in total. The van der Waals surface area contributed by atoms with Gasteiger partial charge in [0.15, 0.2) is 0 Å². The molecule has 0 aliphatic carbocycles. The smallest absolute Gasteiger partial charge is 0.303 e. The number of aliphatic carboxylic acids is 1. The first kappa shape index (κ1) is 25.6. The van der Waals surface area contributed by atoms with Gasteiger partial charge in [0.25, 0.3) is 0 Å². The quantitative estimate of drug-likeness (QED) is 0.466. The van der Waals surface area contributed by atoms with Crippen LogP contribution in [0.5, 0.6) is 0 Å². The first-order chi connectivity index (χ1) is 12.2. The third-order valence-electron chi connectivity index (χ3n) is 5.81. The summed E-state index contributed by atoms with van der Waals surface area (Å²) in [5.74, 6) is -0.710. The summed E-state index contributed by atoms with van der Waals surface area (Å²) in [6.45, 7) is 22.7. The van der Waals surface area contributed by atoms with Crippen LogP contribution in [0.1, 0.15) is 74.7 Å². The van der Waals surface area contributed by atoms with Crippen molar-refractivity contribution >= 4 is 11.9 Å². The highest BCUT2D eigenvalue weighted by Gasteiger charge is 2.39. The molecule has 0 bridgehead atoms. The molecule has 0 aliphatic rings. The summed E-state index contributed by atoms with van der Waals surface area (Å²) in [5, 5.41) is 8.78. The lowest BCUT2D eigenvalue weighted by Gasteiger charge is -2.45. The third-order valence-corrected chi connectivity index (χ3v) is 5.81. The SMILES string of the molecule is C=CC(C)(C)OCC(C)(C)C(C)(C)CC(C)CN(CC)C(=O)CCC(=O)O. The fourth-order valence-corrected chi connectivity index (χ4v) is 2.99. The predicted molar refractivity (Wildman–Crippen MR) is 111 cm³/mol. The number of hydrogen-bond donors (Lipinski definition) is 1. The van der Waals surface area contributed by atoms with Gasteiger partial charge in [0, 0.05) is 19.5 Å². The van der Waals surface area contributed by atoms with Crippen LogP contribution in [0, 0.1) is 16.7 Å². The van der Waals surface area contributed by atoms with E-state index in [4.69, 9.17) is 9.84 Å². The Morgan fingerprint density at radius 1 is 1.11 bits per heavy atom. The van der Waals surface area contributed by atoms with E-state index >= 15 is 0 Å². The second kappa shape index (κ2) is 10.3. The minimum Gasteiger partial charge on any atom is -0.481 e. The highest BCUT2D eigenvalue weighted by Crippen LogP contribution is 2.44. The zero-order valence-electron chi connectivity index (χ0n) is 18.7. The van der Waals surface area contributed by atoms with Crippen molar-refractivity contribution in [2.75, 3.05) is 19.7 Å². The van der Waals surface area contributed by atoms with E-state index < -0.39 is 5.97 Å². The molecule has 0 heterocycles. The zero-order chi connectivity index (χ0) is 21.5. The van der Waals surface area contributed by atoms with Crippen LogP contribution in [0.15, 0.2) is 12.7 Å². The molecule has 5 heteroatoms. The van der Waals surface area contributed by atoms with E-state index in [1.807, 2.05) is 26.8 Å². The first-order valence-electron chi connectivity index (χ1n) is 9.94. The average molecular weight is 384 g/mol. The minimum absolute atomic E-state index is 0.00713. The second-order valence-electron chi connectivity index (χ2n) is 9.50. The molecule has 1 amide bonds. The lowest BCUT2D eigenvalue weighted by atomic mass is 9.64. The second-order valence-corrected chi connectivity index (χ2v) is 9.50. The van der Waals surface area contributed by atoms with Gasteiger partial charge in [-0.1, -0.05) is 40.7 Å². The van der Waals surface area contributed by atoms with E-state index in [1.165, 1.54) is 0 Å². The van der Waals surface area contributed by atoms with Crippen LogP contribution in [0.3, 0.4) is 0 Å². The van der Waals surface area contributed by atoms with Crippen LogP contribution in [-0.2, 0) is 14.3 Å². The standard InChI is InChI=1S/C22H41NO4/c1-10-22(8,9)27-16-21(6,7)20(4,5)14-17(3)15-23(11-2)18(24)12-13-19(25)26/h10,17H,1,11-16H2,2-9H3,(H,25,26). The highest BCUT2D eigenvalue weighted by atomic mass is 16.5. The number of nitrogens with zero attached hydrogens (tertiary/aromatic N) is 1. The number of carboxylic acid groups (broad SMARTS) is 1. The summed E-state index contributed by atoms with van der Waals surface area (Å²) in [7, 11) is 0. The monoisotopic (exact) mass is 383 g/mol. The molecule has 0 saturated heterocycles. The summed E-state index contributed by atoms with van der Waals surface area (Å²) >= 11 is 0. The lowest BCUT2D eigenvalue weighted by molar-refractivity contribution is -0.141. The number of hydrogen-bond acceptors (Lipinski definition) is 3. The lowest BCUT2D eigenvalue weighted by Crippen LogP contribution is -2.42. The van der Waals surface area contributed by atoms with E-state index in [2.05, 4.69) is 41.2 Å². The van der Waals surface area contributed by atoms with Gasteiger partial charge in [0.1, 0.15) is 0 Å². The fourth-order valence-electron chi connectivity index (χ4n) is 2.99. The summed E-state index contributed by atoms with van der Waals surface area (Å²) in [5.41, 5.74) is -0.395. The third kappa shape index (κ3) is 8.91. The van der Waals surface area contributed by atoms with E-state index in [9.17, 15) is 9.59 Å². The van der Waals surface area contributed by atoms with Gasteiger partial charge in [-0.2, -0.15) is 0 Å². The van der Waals surface area contributed by atoms with Crippen molar-refractivity contribution in [1.82, 2.24) is 4.90 Å². The minimum atomic E-state index is -0.933. The molecule has 0 rings (SSSR count). The van der Waals surface area contributed by atoms with Gasteiger partial charge in [-0.25, -0.2) is 0 Å².